The normalized spacial score (nSPS) is 37.6. The summed E-state index contributed by atoms with van der Waals surface area (Å²) in [5.74, 6) is 0. The van der Waals surface area contributed by atoms with Crippen LogP contribution in [0.1, 0.15) is 58.1 Å². The second-order valence-electron chi connectivity index (χ2n) is 8.62. The van der Waals surface area contributed by atoms with E-state index in [4.69, 9.17) is 9.31 Å². The quantitative estimate of drug-likeness (QED) is 0.869. The summed E-state index contributed by atoms with van der Waals surface area (Å²) in [5, 5.41) is 9.54. The molecule has 1 aliphatic heterocycles. The smallest absolute Gasteiger partial charge is 0.403 e. The standard InChI is InChI=1S/C18H25BO3/c1-15(2)16(3,4)22-19(21-15)18-10-17(11-18,12-18)14-7-5-6-13(8-14)9-20/h5-8,20H,9-12H2,1-4H3. The molecule has 3 aliphatic carbocycles. The molecule has 0 amide bonds. The fourth-order valence-corrected chi connectivity index (χ4v) is 4.52. The van der Waals surface area contributed by atoms with Crippen molar-refractivity contribution < 1.29 is 14.4 Å². The lowest BCUT2D eigenvalue weighted by molar-refractivity contribution is -0.0384. The Bertz CT molecular complexity index is 587. The van der Waals surface area contributed by atoms with Gasteiger partial charge in [0.15, 0.2) is 0 Å². The summed E-state index contributed by atoms with van der Waals surface area (Å²) in [6, 6.07) is 8.40. The average Bonchev–Trinajstić information content (AvgIpc) is 2.55. The first kappa shape index (κ1) is 14.7. The highest BCUT2D eigenvalue weighted by molar-refractivity contribution is 6.51. The van der Waals surface area contributed by atoms with Gasteiger partial charge in [0.05, 0.1) is 17.8 Å². The Morgan fingerprint density at radius 3 is 2.18 bits per heavy atom. The summed E-state index contributed by atoms with van der Waals surface area (Å²) in [5.41, 5.74) is 2.20. The number of benzene rings is 1. The second kappa shape index (κ2) is 4.17. The number of aliphatic hydroxyl groups excluding tert-OH is 1. The van der Waals surface area contributed by atoms with Crippen molar-refractivity contribution in [2.24, 2.45) is 0 Å². The Morgan fingerprint density at radius 1 is 1.05 bits per heavy atom. The van der Waals surface area contributed by atoms with Gasteiger partial charge in [0.2, 0.25) is 0 Å². The summed E-state index contributed by atoms with van der Waals surface area (Å²) in [6.07, 6.45) is 3.43. The molecule has 4 heteroatoms. The van der Waals surface area contributed by atoms with Crippen molar-refractivity contribution in [3.05, 3.63) is 35.4 Å². The largest absolute Gasteiger partial charge is 0.464 e. The van der Waals surface area contributed by atoms with E-state index in [0.717, 1.165) is 24.8 Å². The Labute approximate surface area is 133 Å². The summed E-state index contributed by atoms with van der Waals surface area (Å²) < 4.78 is 12.5. The van der Waals surface area contributed by atoms with E-state index in [9.17, 15) is 5.11 Å². The lowest BCUT2D eigenvalue weighted by atomic mass is 9.23. The van der Waals surface area contributed by atoms with Gasteiger partial charge in [0.25, 0.3) is 0 Å². The van der Waals surface area contributed by atoms with E-state index in [1.54, 1.807) is 0 Å². The molecule has 1 aromatic carbocycles. The van der Waals surface area contributed by atoms with Crippen molar-refractivity contribution in [3.8, 4) is 0 Å². The van der Waals surface area contributed by atoms with E-state index in [1.807, 2.05) is 6.07 Å². The number of aliphatic hydroxyl groups is 1. The van der Waals surface area contributed by atoms with E-state index in [0.29, 0.717) is 5.41 Å². The fourth-order valence-electron chi connectivity index (χ4n) is 4.52. The Hall–Kier alpha value is -0.835. The highest BCUT2D eigenvalue weighted by Gasteiger charge is 2.76. The molecule has 118 valence electrons. The molecule has 1 N–H and O–H groups in total. The second-order valence-corrected chi connectivity index (χ2v) is 8.62. The van der Waals surface area contributed by atoms with Gasteiger partial charge in [-0.05, 0) is 63.5 Å². The van der Waals surface area contributed by atoms with E-state index in [2.05, 4.69) is 45.9 Å². The maximum Gasteiger partial charge on any atom is 0.464 e. The van der Waals surface area contributed by atoms with Crippen LogP contribution in [-0.4, -0.2) is 23.4 Å². The maximum atomic E-state index is 9.33. The highest BCUT2D eigenvalue weighted by atomic mass is 16.7. The lowest BCUT2D eigenvalue weighted by Gasteiger charge is -2.71. The van der Waals surface area contributed by atoms with Gasteiger partial charge in [0.1, 0.15) is 0 Å². The van der Waals surface area contributed by atoms with Crippen LogP contribution in [0.5, 0.6) is 0 Å². The summed E-state index contributed by atoms with van der Waals surface area (Å²) >= 11 is 0. The van der Waals surface area contributed by atoms with Gasteiger partial charge in [-0.2, -0.15) is 0 Å². The molecule has 0 aromatic heterocycles. The van der Waals surface area contributed by atoms with Crippen LogP contribution in [0.25, 0.3) is 0 Å². The summed E-state index contributed by atoms with van der Waals surface area (Å²) in [6.45, 7) is 8.61. The van der Waals surface area contributed by atoms with Crippen LogP contribution in [0.2, 0.25) is 5.31 Å². The Morgan fingerprint density at radius 2 is 1.64 bits per heavy atom. The van der Waals surface area contributed by atoms with E-state index < -0.39 is 0 Å². The topological polar surface area (TPSA) is 38.7 Å². The first-order valence-corrected chi connectivity index (χ1v) is 8.28. The number of rotatable bonds is 3. The van der Waals surface area contributed by atoms with Gasteiger partial charge < -0.3 is 14.4 Å². The number of hydrogen-bond acceptors (Lipinski definition) is 3. The van der Waals surface area contributed by atoms with Crippen molar-refractivity contribution in [3.63, 3.8) is 0 Å². The van der Waals surface area contributed by atoms with Crippen molar-refractivity contribution >= 4 is 7.12 Å². The first-order chi connectivity index (χ1) is 10.2. The predicted octanol–water partition coefficient (Wildman–Crippen LogP) is 3.45. The summed E-state index contributed by atoms with van der Waals surface area (Å²) in [4.78, 5) is 0. The van der Waals surface area contributed by atoms with Gasteiger partial charge in [0, 0.05) is 5.31 Å². The molecule has 0 unspecified atom stereocenters. The molecule has 3 nitrogen and oxygen atoms in total. The molecule has 0 radical (unpaired) electrons. The lowest BCUT2D eigenvalue weighted by Crippen LogP contribution is -2.66. The third kappa shape index (κ3) is 1.75. The van der Waals surface area contributed by atoms with Crippen LogP contribution >= 0.6 is 0 Å². The molecule has 1 aromatic rings. The molecular weight excluding hydrogens is 275 g/mol. The van der Waals surface area contributed by atoms with Gasteiger partial charge >= 0.3 is 7.12 Å². The zero-order valence-electron chi connectivity index (χ0n) is 14.0. The minimum Gasteiger partial charge on any atom is -0.403 e. The molecule has 0 spiro atoms. The van der Waals surface area contributed by atoms with E-state index in [-0.39, 0.29) is 30.2 Å². The molecule has 22 heavy (non-hydrogen) atoms. The highest BCUT2D eigenvalue weighted by Crippen LogP contribution is 2.80. The molecule has 3 saturated carbocycles. The van der Waals surface area contributed by atoms with E-state index in [1.165, 1.54) is 5.56 Å². The molecule has 0 atom stereocenters. The van der Waals surface area contributed by atoms with Crippen molar-refractivity contribution in [1.82, 2.24) is 0 Å². The Balaban J connectivity index is 1.50. The fraction of sp³-hybridized carbons (Fsp3) is 0.667. The van der Waals surface area contributed by atoms with Gasteiger partial charge in [-0.3, -0.25) is 0 Å². The minimum atomic E-state index is -0.239. The number of hydrogen-bond donors (Lipinski definition) is 1. The van der Waals surface area contributed by atoms with Gasteiger partial charge in [-0.25, -0.2) is 0 Å². The van der Waals surface area contributed by atoms with Gasteiger partial charge in [-0.1, -0.05) is 24.3 Å². The van der Waals surface area contributed by atoms with Gasteiger partial charge in [-0.15, -0.1) is 0 Å². The van der Waals surface area contributed by atoms with Crippen molar-refractivity contribution in [1.29, 1.82) is 0 Å². The third-order valence-corrected chi connectivity index (χ3v) is 6.55. The van der Waals surface area contributed by atoms with Crippen molar-refractivity contribution in [2.75, 3.05) is 0 Å². The zero-order valence-corrected chi connectivity index (χ0v) is 14.0. The zero-order chi connectivity index (χ0) is 15.8. The molecule has 1 heterocycles. The summed E-state index contributed by atoms with van der Waals surface area (Å²) in [7, 11) is -0.0691. The molecule has 1 saturated heterocycles. The van der Waals surface area contributed by atoms with Crippen molar-refractivity contribution in [2.45, 2.75) is 75.5 Å². The molecule has 4 fully saturated rings. The third-order valence-electron chi connectivity index (χ3n) is 6.55. The van der Waals surface area contributed by atoms with Crippen LogP contribution in [0, 0.1) is 0 Å². The maximum absolute atomic E-state index is 9.33. The SMILES string of the molecule is CC1(C)OB(C23CC(c4cccc(CO)c4)(C2)C3)OC1(C)C. The minimum absolute atomic E-state index is 0.0691. The van der Waals surface area contributed by atoms with Crippen LogP contribution in [-0.2, 0) is 21.3 Å². The van der Waals surface area contributed by atoms with Crippen LogP contribution in [0.4, 0.5) is 0 Å². The van der Waals surface area contributed by atoms with Crippen LogP contribution in [0.3, 0.4) is 0 Å². The first-order valence-electron chi connectivity index (χ1n) is 8.28. The molecule has 4 aliphatic rings. The molecule has 5 rings (SSSR count). The van der Waals surface area contributed by atoms with E-state index >= 15 is 0 Å². The average molecular weight is 300 g/mol. The van der Waals surface area contributed by atoms with Crippen LogP contribution < -0.4 is 0 Å². The molecular formula is C18H25BO3. The Kier molecular flexibility index (Phi) is 2.79. The monoisotopic (exact) mass is 300 g/mol. The molecule has 2 bridgehead atoms. The predicted molar refractivity (Wildman–Crippen MR) is 86.7 cm³/mol. The van der Waals surface area contributed by atoms with Crippen LogP contribution in [0.15, 0.2) is 24.3 Å².